The third-order valence-electron chi connectivity index (χ3n) is 3.70. The summed E-state index contributed by atoms with van der Waals surface area (Å²) in [5.74, 6) is 0. The zero-order valence-electron chi connectivity index (χ0n) is 10.7. The second-order valence-electron chi connectivity index (χ2n) is 4.97. The van der Waals surface area contributed by atoms with Crippen LogP contribution in [0.15, 0.2) is 24.4 Å². The van der Waals surface area contributed by atoms with E-state index in [1.54, 1.807) is 0 Å². The minimum atomic E-state index is -0.481. The molecule has 1 aromatic carbocycles. The molecule has 3 N–H and O–H groups in total. The summed E-state index contributed by atoms with van der Waals surface area (Å²) in [6.45, 7) is 4.63. The third kappa shape index (κ3) is 2.62. The molecule has 0 bridgehead atoms. The van der Waals surface area contributed by atoms with Crippen molar-refractivity contribution >= 4 is 22.5 Å². The third-order valence-corrected chi connectivity index (χ3v) is 4.01. The number of β-amino-alcohol motifs (C(OH)–C–C–N with tert-alkyl or cyclic N) is 1. The zero-order chi connectivity index (χ0) is 13.2. The standard InChI is InChI=1S/C14H18ClN3O/c15-12-3-1-2-10-11(8-17-14(10)12)13(19)9-18-6-4-16-5-7-18/h1-3,8,13,16-17,19H,4-7,9H2. The highest BCUT2D eigenvalue weighted by atomic mass is 35.5. The predicted molar refractivity (Wildman–Crippen MR) is 77.6 cm³/mol. The molecular formula is C14H18ClN3O. The molecule has 2 aromatic rings. The molecule has 0 aliphatic carbocycles. The smallest absolute Gasteiger partial charge is 0.0937 e. The first-order valence-electron chi connectivity index (χ1n) is 6.62. The molecule has 5 heteroatoms. The van der Waals surface area contributed by atoms with Crippen LogP contribution in [-0.2, 0) is 0 Å². The SMILES string of the molecule is OC(CN1CCNCC1)c1c[nH]c2c(Cl)cccc12. The molecule has 2 heterocycles. The molecule has 0 amide bonds. The van der Waals surface area contributed by atoms with Crippen molar-refractivity contribution in [3.63, 3.8) is 0 Å². The number of benzene rings is 1. The zero-order valence-corrected chi connectivity index (χ0v) is 11.5. The summed E-state index contributed by atoms with van der Waals surface area (Å²) in [4.78, 5) is 5.43. The number of aromatic amines is 1. The van der Waals surface area contributed by atoms with Crippen molar-refractivity contribution < 1.29 is 5.11 Å². The highest BCUT2D eigenvalue weighted by Gasteiger charge is 2.18. The highest BCUT2D eigenvalue weighted by molar-refractivity contribution is 6.35. The number of hydrogen-bond donors (Lipinski definition) is 3. The molecule has 19 heavy (non-hydrogen) atoms. The maximum Gasteiger partial charge on any atom is 0.0937 e. The summed E-state index contributed by atoms with van der Waals surface area (Å²) in [7, 11) is 0. The largest absolute Gasteiger partial charge is 0.387 e. The van der Waals surface area contributed by atoms with Crippen LogP contribution in [0, 0.1) is 0 Å². The fourth-order valence-electron chi connectivity index (χ4n) is 2.65. The lowest BCUT2D eigenvalue weighted by molar-refractivity contribution is 0.106. The molecule has 1 aromatic heterocycles. The van der Waals surface area contributed by atoms with Gasteiger partial charge < -0.3 is 15.4 Å². The van der Waals surface area contributed by atoms with E-state index in [0.717, 1.165) is 42.6 Å². The lowest BCUT2D eigenvalue weighted by atomic mass is 10.1. The number of fused-ring (bicyclic) bond motifs is 1. The number of aromatic nitrogens is 1. The number of aliphatic hydroxyl groups is 1. The number of aliphatic hydroxyl groups excluding tert-OH is 1. The number of nitrogens with zero attached hydrogens (tertiary/aromatic N) is 1. The molecule has 1 aliphatic heterocycles. The second-order valence-corrected chi connectivity index (χ2v) is 5.38. The minimum Gasteiger partial charge on any atom is -0.387 e. The van der Waals surface area contributed by atoms with Crippen molar-refractivity contribution in [3.8, 4) is 0 Å². The molecule has 1 fully saturated rings. The van der Waals surface area contributed by atoms with Gasteiger partial charge in [-0.25, -0.2) is 0 Å². The number of rotatable bonds is 3. The fourth-order valence-corrected chi connectivity index (χ4v) is 2.88. The minimum absolute atomic E-state index is 0.481. The van der Waals surface area contributed by atoms with Gasteiger partial charge in [0.15, 0.2) is 0 Å². The van der Waals surface area contributed by atoms with E-state index in [-0.39, 0.29) is 0 Å². The van der Waals surface area contributed by atoms with Crippen LogP contribution < -0.4 is 5.32 Å². The Hall–Kier alpha value is -1.07. The average molecular weight is 280 g/mol. The number of piperazine rings is 1. The first kappa shape index (κ1) is 12.9. The Kier molecular flexibility index (Phi) is 3.75. The van der Waals surface area contributed by atoms with Crippen LogP contribution in [0.3, 0.4) is 0 Å². The van der Waals surface area contributed by atoms with Crippen LogP contribution in [-0.4, -0.2) is 47.7 Å². The Labute approximate surface area is 117 Å². The van der Waals surface area contributed by atoms with E-state index >= 15 is 0 Å². The first-order chi connectivity index (χ1) is 9.25. The highest BCUT2D eigenvalue weighted by Crippen LogP contribution is 2.29. The molecule has 1 aliphatic rings. The normalized spacial score (nSPS) is 18.8. The number of hydrogen-bond acceptors (Lipinski definition) is 3. The van der Waals surface area contributed by atoms with E-state index in [1.165, 1.54) is 0 Å². The van der Waals surface area contributed by atoms with Gasteiger partial charge in [-0.2, -0.15) is 0 Å². The Morgan fingerprint density at radius 3 is 2.89 bits per heavy atom. The van der Waals surface area contributed by atoms with Crippen LogP contribution in [0.1, 0.15) is 11.7 Å². The van der Waals surface area contributed by atoms with Crippen molar-refractivity contribution in [1.29, 1.82) is 0 Å². The molecule has 0 saturated carbocycles. The quantitative estimate of drug-likeness (QED) is 0.802. The molecule has 0 radical (unpaired) electrons. The summed E-state index contributed by atoms with van der Waals surface area (Å²) in [5.41, 5.74) is 1.83. The number of H-pyrrole nitrogens is 1. The van der Waals surface area contributed by atoms with Gasteiger partial charge in [-0.15, -0.1) is 0 Å². The Bertz CT molecular complexity index is 563. The van der Waals surface area contributed by atoms with E-state index in [0.29, 0.717) is 11.6 Å². The van der Waals surface area contributed by atoms with E-state index in [9.17, 15) is 5.11 Å². The van der Waals surface area contributed by atoms with Crippen molar-refractivity contribution in [3.05, 3.63) is 35.0 Å². The number of halogens is 1. The summed E-state index contributed by atoms with van der Waals surface area (Å²) in [6.07, 6.45) is 1.38. The van der Waals surface area contributed by atoms with Crippen molar-refractivity contribution in [1.82, 2.24) is 15.2 Å². The van der Waals surface area contributed by atoms with E-state index in [4.69, 9.17) is 11.6 Å². The van der Waals surface area contributed by atoms with Gasteiger partial charge in [0, 0.05) is 49.9 Å². The van der Waals surface area contributed by atoms with Crippen molar-refractivity contribution in [2.75, 3.05) is 32.7 Å². The van der Waals surface area contributed by atoms with Gasteiger partial charge in [0.1, 0.15) is 0 Å². The van der Waals surface area contributed by atoms with Crippen LogP contribution in [0.5, 0.6) is 0 Å². The maximum absolute atomic E-state index is 10.4. The molecular weight excluding hydrogens is 262 g/mol. The van der Waals surface area contributed by atoms with E-state index < -0.39 is 6.10 Å². The van der Waals surface area contributed by atoms with Gasteiger partial charge in [0.2, 0.25) is 0 Å². The Morgan fingerprint density at radius 1 is 1.32 bits per heavy atom. The summed E-state index contributed by atoms with van der Waals surface area (Å²) in [5, 5.41) is 15.4. The molecule has 4 nitrogen and oxygen atoms in total. The van der Waals surface area contributed by atoms with Crippen molar-refractivity contribution in [2.45, 2.75) is 6.10 Å². The summed E-state index contributed by atoms with van der Waals surface area (Å²) in [6, 6.07) is 5.76. The maximum atomic E-state index is 10.4. The summed E-state index contributed by atoms with van der Waals surface area (Å²) < 4.78 is 0. The van der Waals surface area contributed by atoms with Gasteiger partial charge in [-0.05, 0) is 6.07 Å². The molecule has 102 valence electrons. The van der Waals surface area contributed by atoms with Crippen LogP contribution in [0.2, 0.25) is 5.02 Å². The van der Waals surface area contributed by atoms with Gasteiger partial charge in [-0.1, -0.05) is 23.7 Å². The topological polar surface area (TPSA) is 51.3 Å². The van der Waals surface area contributed by atoms with Crippen LogP contribution >= 0.6 is 11.6 Å². The predicted octanol–water partition coefficient (Wildman–Crippen LogP) is 1.76. The monoisotopic (exact) mass is 279 g/mol. The molecule has 1 saturated heterocycles. The Morgan fingerprint density at radius 2 is 2.11 bits per heavy atom. The second kappa shape index (κ2) is 5.51. The number of nitrogens with one attached hydrogen (secondary N) is 2. The molecule has 1 atom stereocenters. The molecule has 0 spiro atoms. The first-order valence-corrected chi connectivity index (χ1v) is 7.00. The van der Waals surface area contributed by atoms with Gasteiger partial charge >= 0.3 is 0 Å². The lowest BCUT2D eigenvalue weighted by Crippen LogP contribution is -2.44. The Balaban J connectivity index is 1.81. The van der Waals surface area contributed by atoms with Crippen LogP contribution in [0.25, 0.3) is 10.9 Å². The fraction of sp³-hybridized carbons (Fsp3) is 0.429. The van der Waals surface area contributed by atoms with E-state index in [2.05, 4.69) is 15.2 Å². The van der Waals surface area contributed by atoms with E-state index in [1.807, 2.05) is 24.4 Å². The number of para-hydroxylation sites is 1. The molecule has 1 unspecified atom stereocenters. The van der Waals surface area contributed by atoms with Crippen LogP contribution in [0.4, 0.5) is 0 Å². The van der Waals surface area contributed by atoms with Gasteiger partial charge in [0.25, 0.3) is 0 Å². The molecule has 3 rings (SSSR count). The van der Waals surface area contributed by atoms with Gasteiger partial charge in [0.05, 0.1) is 16.6 Å². The van der Waals surface area contributed by atoms with Crippen molar-refractivity contribution in [2.24, 2.45) is 0 Å². The van der Waals surface area contributed by atoms with Gasteiger partial charge in [-0.3, -0.25) is 4.90 Å². The lowest BCUT2D eigenvalue weighted by Gasteiger charge is -2.29. The average Bonchev–Trinajstić information content (AvgIpc) is 2.85. The summed E-state index contributed by atoms with van der Waals surface area (Å²) >= 11 is 6.14.